The summed E-state index contributed by atoms with van der Waals surface area (Å²) in [6.07, 6.45) is 0. The van der Waals surface area contributed by atoms with Crippen molar-refractivity contribution in [3.63, 3.8) is 0 Å². The Kier molecular flexibility index (Phi) is 2.51. The van der Waals surface area contributed by atoms with Crippen molar-refractivity contribution in [1.29, 1.82) is 0 Å². The lowest BCUT2D eigenvalue weighted by molar-refractivity contribution is 0.0652. The maximum Gasteiger partial charge on any atom is 0.374 e. The SMILES string of the molecule is O=C(O)c1cc(-c2cccc(Br)n2)no1. The molecule has 0 radical (unpaired) electrons. The molecular weight excluding hydrogens is 264 g/mol. The Hall–Kier alpha value is -1.69. The highest BCUT2D eigenvalue weighted by Crippen LogP contribution is 2.18. The van der Waals surface area contributed by atoms with Gasteiger partial charge in [0, 0.05) is 6.07 Å². The Bertz CT molecular complexity index is 510. The van der Waals surface area contributed by atoms with E-state index in [0.717, 1.165) is 0 Å². The molecule has 6 heteroatoms. The third-order valence-corrected chi connectivity index (χ3v) is 2.14. The highest BCUT2D eigenvalue weighted by molar-refractivity contribution is 9.10. The second-order valence-electron chi connectivity index (χ2n) is 2.73. The Balaban J connectivity index is 2.41. The van der Waals surface area contributed by atoms with Gasteiger partial charge in [-0.3, -0.25) is 0 Å². The van der Waals surface area contributed by atoms with Crippen LogP contribution < -0.4 is 0 Å². The normalized spacial score (nSPS) is 10.2. The Morgan fingerprint density at radius 1 is 1.40 bits per heavy atom. The van der Waals surface area contributed by atoms with Gasteiger partial charge in [-0.1, -0.05) is 11.2 Å². The molecule has 0 unspecified atom stereocenters. The lowest BCUT2D eigenvalue weighted by Crippen LogP contribution is -1.91. The summed E-state index contributed by atoms with van der Waals surface area (Å²) in [5.41, 5.74) is 0.953. The molecule has 0 saturated carbocycles. The van der Waals surface area contributed by atoms with Crippen LogP contribution >= 0.6 is 15.9 Å². The number of carboxylic acids is 1. The lowest BCUT2D eigenvalue weighted by atomic mass is 10.2. The van der Waals surface area contributed by atoms with Gasteiger partial charge in [0.15, 0.2) is 0 Å². The van der Waals surface area contributed by atoms with Crippen molar-refractivity contribution in [2.45, 2.75) is 0 Å². The van der Waals surface area contributed by atoms with E-state index >= 15 is 0 Å². The van der Waals surface area contributed by atoms with E-state index < -0.39 is 5.97 Å². The number of carboxylic acid groups (broad SMARTS) is 1. The van der Waals surface area contributed by atoms with Gasteiger partial charge in [-0.15, -0.1) is 0 Å². The van der Waals surface area contributed by atoms with Gasteiger partial charge in [0.25, 0.3) is 0 Å². The molecule has 0 atom stereocenters. The van der Waals surface area contributed by atoms with E-state index in [2.05, 4.69) is 30.6 Å². The predicted octanol–water partition coefficient (Wildman–Crippen LogP) is 2.20. The van der Waals surface area contributed by atoms with E-state index in [1.807, 2.05) is 0 Å². The van der Waals surface area contributed by atoms with E-state index in [-0.39, 0.29) is 5.76 Å². The molecule has 0 amide bonds. The Labute approximate surface area is 92.9 Å². The number of pyridine rings is 1. The van der Waals surface area contributed by atoms with Gasteiger partial charge in [0.1, 0.15) is 10.3 Å². The molecule has 2 heterocycles. The van der Waals surface area contributed by atoms with E-state index in [1.54, 1.807) is 18.2 Å². The number of hydrogen-bond acceptors (Lipinski definition) is 4. The fourth-order valence-electron chi connectivity index (χ4n) is 1.05. The van der Waals surface area contributed by atoms with Gasteiger partial charge in [-0.05, 0) is 28.1 Å². The molecule has 0 aliphatic heterocycles. The van der Waals surface area contributed by atoms with Crippen molar-refractivity contribution >= 4 is 21.9 Å². The summed E-state index contributed by atoms with van der Waals surface area (Å²) in [5.74, 6) is -1.35. The Morgan fingerprint density at radius 3 is 2.80 bits per heavy atom. The first-order valence-corrected chi connectivity index (χ1v) is 4.79. The molecular formula is C9H5BrN2O3. The van der Waals surface area contributed by atoms with E-state index in [4.69, 9.17) is 5.11 Å². The fraction of sp³-hybridized carbons (Fsp3) is 0. The highest BCUT2D eigenvalue weighted by Gasteiger charge is 2.12. The maximum absolute atomic E-state index is 10.5. The highest BCUT2D eigenvalue weighted by atomic mass is 79.9. The van der Waals surface area contributed by atoms with Crippen LogP contribution in [-0.2, 0) is 0 Å². The Morgan fingerprint density at radius 2 is 2.20 bits per heavy atom. The molecule has 1 N–H and O–H groups in total. The second kappa shape index (κ2) is 3.82. The van der Waals surface area contributed by atoms with Gasteiger partial charge in [0.2, 0.25) is 5.76 Å². The van der Waals surface area contributed by atoms with Gasteiger partial charge < -0.3 is 9.63 Å². The van der Waals surface area contributed by atoms with Crippen LogP contribution in [0.2, 0.25) is 0 Å². The van der Waals surface area contributed by atoms with Crippen molar-refractivity contribution in [2.24, 2.45) is 0 Å². The number of aromatic nitrogens is 2. The third kappa shape index (κ3) is 2.04. The van der Waals surface area contributed by atoms with Crippen molar-refractivity contribution in [1.82, 2.24) is 10.1 Å². The number of rotatable bonds is 2. The molecule has 2 aromatic rings. The molecule has 2 rings (SSSR count). The number of aromatic carboxylic acids is 1. The largest absolute Gasteiger partial charge is 0.475 e. The van der Waals surface area contributed by atoms with Crippen LogP contribution in [0.1, 0.15) is 10.6 Å². The average molecular weight is 269 g/mol. The summed E-state index contributed by atoms with van der Waals surface area (Å²) in [7, 11) is 0. The zero-order chi connectivity index (χ0) is 10.8. The first-order chi connectivity index (χ1) is 7.16. The standard InChI is InChI=1S/C9H5BrN2O3/c10-8-3-1-2-5(11-8)6-4-7(9(13)14)15-12-6/h1-4H,(H,13,14). The van der Waals surface area contributed by atoms with E-state index in [1.165, 1.54) is 6.07 Å². The molecule has 15 heavy (non-hydrogen) atoms. The molecule has 76 valence electrons. The monoisotopic (exact) mass is 268 g/mol. The van der Waals surface area contributed by atoms with Gasteiger partial charge in [-0.25, -0.2) is 9.78 Å². The zero-order valence-electron chi connectivity index (χ0n) is 7.35. The van der Waals surface area contributed by atoms with Crippen LogP contribution in [0.5, 0.6) is 0 Å². The second-order valence-corrected chi connectivity index (χ2v) is 3.54. The molecule has 0 saturated heterocycles. The first kappa shape index (κ1) is 9.85. The number of nitrogens with zero attached hydrogens (tertiary/aromatic N) is 2. The molecule has 0 spiro atoms. The summed E-state index contributed by atoms with van der Waals surface area (Å²) < 4.78 is 5.27. The maximum atomic E-state index is 10.5. The summed E-state index contributed by atoms with van der Waals surface area (Å²) in [6.45, 7) is 0. The van der Waals surface area contributed by atoms with Gasteiger partial charge >= 0.3 is 5.97 Å². The van der Waals surface area contributed by atoms with Crippen molar-refractivity contribution in [3.8, 4) is 11.4 Å². The van der Waals surface area contributed by atoms with Crippen LogP contribution in [0.25, 0.3) is 11.4 Å². The summed E-state index contributed by atoms with van der Waals surface area (Å²) in [6, 6.07) is 6.59. The minimum atomic E-state index is -1.15. The quantitative estimate of drug-likeness (QED) is 0.845. The molecule has 2 aromatic heterocycles. The van der Waals surface area contributed by atoms with Crippen molar-refractivity contribution in [2.75, 3.05) is 0 Å². The molecule has 0 fully saturated rings. The topological polar surface area (TPSA) is 76.2 Å². The molecule has 0 aliphatic rings. The van der Waals surface area contributed by atoms with Crippen LogP contribution in [0.15, 0.2) is 33.4 Å². The predicted molar refractivity (Wildman–Crippen MR) is 54.4 cm³/mol. The van der Waals surface area contributed by atoms with Crippen molar-refractivity contribution in [3.05, 3.63) is 34.6 Å². The van der Waals surface area contributed by atoms with Crippen LogP contribution in [0, 0.1) is 0 Å². The van der Waals surface area contributed by atoms with Crippen LogP contribution in [0.3, 0.4) is 0 Å². The molecule has 5 nitrogen and oxygen atoms in total. The average Bonchev–Trinajstić information content (AvgIpc) is 2.66. The van der Waals surface area contributed by atoms with Crippen molar-refractivity contribution < 1.29 is 14.4 Å². The molecule has 0 aliphatic carbocycles. The third-order valence-electron chi connectivity index (χ3n) is 1.70. The minimum absolute atomic E-state index is 0.202. The summed E-state index contributed by atoms with van der Waals surface area (Å²) >= 11 is 3.21. The lowest BCUT2D eigenvalue weighted by Gasteiger charge is -1.93. The van der Waals surface area contributed by atoms with Gasteiger partial charge in [-0.2, -0.15) is 0 Å². The first-order valence-electron chi connectivity index (χ1n) is 4.00. The summed E-state index contributed by atoms with van der Waals surface area (Å²) in [4.78, 5) is 14.7. The van der Waals surface area contributed by atoms with Crippen LogP contribution in [0.4, 0.5) is 0 Å². The van der Waals surface area contributed by atoms with E-state index in [9.17, 15) is 4.79 Å². The summed E-state index contributed by atoms with van der Waals surface area (Å²) in [5, 5.41) is 12.2. The minimum Gasteiger partial charge on any atom is -0.475 e. The molecule has 0 aromatic carbocycles. The smallest absolute Gasteiger partial charge is 0.374 e. The van der Waals surface area contributed by atoms with Gasteiger partial charge in [0.05, 0.1) is 5.69 Å². The molecule has 0 bridgehead atoms. The number of carbonyl (C=O) groups is 1. The number of hydrogen-bond donors (Lipinski definition) is 1. The fourth-order valence-corrected chi connectivity index (χ4v) is 1.39. The zero-order valence-corrected chi connectivity index (χ0v) is 8.93. The van der Waals surface area contributed by atoms with Crippen LogP contribution in [-0.4, -0.2) is 21.2 Å². The van der Waals surface area contributed by atoms with E-state index in [0.29, 0.717) is 16.0 Å². The number of halogens is 1.